The van der Waals surface area contributed by atoms with Crippen molar-refractivity contribution in [2.45, 2.75) is 128 Å². The summed E-state index contributed by atoms with van der Waals surface area (Å²) in [5.74, 6) is 2.09. The van der Waals surface area contributed by atoms with Gasteiger partial charge in [-0.25, -0.2) is 0 Å². The van der Waals surface area contributed by atoms with Gasteiger partial charge in [0, 0.05) is 44.0 Å². The van der Waals surface area contributed by atoms with Crippen LogP contribution >= 0.6 is 46.4 Å². The molecule has 0 aromatic heterocycles. The van der Waals surface area contributed by atoms with E-state index in [4.69, 9.17) is 46.4 Å². The standard InChI is InChI=1S/2C27H31Cl2NO/c2*1-4-14-27(3)17-24(20-6-5-7-22(29)16-20)25(19-9-11-21(28)12-10-19)30(26(27)31)23-13-8-18(2)15-23/h2*4-7,9-12,16,18,23-25H,1,8,13-15,17H2,2-3H3/t18-,23?,24+,25+,27?;18-,23?,24-,25-,27?/m01/s1. The van der Waals surface area contributed by atoms with Crippen LogP contribution in [-0.2, 0) is 9.59 Å². The monoisotopic (exact) mass is 910 g/mol. The first-order chi connectivity index (χ1) is 29.6. The van der Waals surface area contributed by atoms with Gasteiger partial charge in [-0.2, -0.15) is 0 Å². The van der Waals surface area contributed by atoms with Crippen molar-refractivity contribution in [2.75, 3.05) is 0 Å². The fourth-order valence-electron chi connectivity index (χ4n) is 11.4. The fourth-order valence-corrected chi connectivity index (χ4v) is 12.1. The van der Waals surface area contributed by atoms with Crippen LogP contribution in [0.5, 0.6) is 0 Å². The minimum Gasteiger partial charge on any atom is -0.332 e. The second kappa shape index (κ2) is 19.7. The summed E-state index contributed by atoms with van der Waals surface area (Å²) in [5.41, 5.74) is 3.72. The summed E-state index contributed by atoms with van der Waals surface area (Å²) in [7, 11) is 0. The summed E-state index contributed by atoms with van der Waals surface area (Å²) >= 11 is 25.2. The smallest absolute Gasteiger partial charge is 0.229 e. The van der Waals surface area contributed by atoms with Gasteiger partial charge >= 0.3 is 0 Å². The molecule has 4 aliphatic rings. The average molecular weight is 913 g/mol. The van der Waals surface area contributed by atoms with Gasteiger partial charge < -0.3 is 9.80 Å². The molecule has 2 saturated heterocycles. The zero-order valence-corrected chi connectivity index (χ0v) is 39.7. The van der Waals surface area contributed by atoms with Crippen molar-refractivity contribution in [3.05, 3.63) is 165 Å². The molecule has 2 amide bonds. The Bertz CT molecular complexity index is 2070. The first-order valence-corrected chi connectivity index (χ1v) is 24.0. The number of rotatable bonds is 10. The van der Waals surface area contributed by atoms with Crippen LogP contribution in [0, 0.1) is 22.7 Å². The van der Waals surface area contributed by atoms with Crippen molar-refractivity contribution in [3.8, 4) is 0 Å². The van der Waals surface area contributed by atoms with E-state index in [1.54, 1.807) is 0 Å². The van der Waals surface area contributed by atoms with Crippen molar-refractivity contribution in [1.29, 1.82) is 0 Å². The van der Waals surface area contributed by atoms with Crippen LogP contribution in [0.2, 0.25) is 20.1 Å². The van der Waals surface area contributed by atoms with Gasteiger partial charge in [0.2, 0.25) is 11.8 Å². The van der Waals surface area contributed by atoms with Gasteiger partial charge in [0.25, 0.3) is 0 Å². The maximum absolute atomic E-state index is 14.1. The predicted molar refractivity (Wildman–Crippen MR) is 259 cm³/mol. The van der Waals surface area contributed by atoms with Crippen molar-refractivity contribution < 1.29 is 9.59 Å². The van der Waals surface area contributed by atoms with Crippen molar-refractivity contribution in [3.63, 3.8) is 0 Å². The van der Waals surface area contributed by atoms with E-state index in [1.807, 2.05) is 60.7 Å². The summed E-state index contributed by atoms with van der Waals surface area (Å²) in [6.07, 6.45) is 13.2. The van der Waals surface area contributed by atoms with Gasteiger partial charge in [0.15, 0.2) is 0 Å². The van der Waals surface area contributed by atoms with Crippen LogP contribution in [0.3, 0.4) is 0 Å². The van der Waals surface area contributed by atoms with Crippen molar-refractivity contribution in [2.24, 2.45) is 22.7 Å². The lowest BCUT2D eigenvalue weighted by atomic mass is 9.67. The molecular weight excluding hydrogens is 850 g/mol. The summed E-state index contributed by atoms with van der Waals surface area (Å²) in [6.45, 7) is 16.7. The Morgan fingerprint density at radius 2 is 0.919 bits per heavy atom. The van der Waals surface area contributed by atoms with Crippen LogP contribution in [-0.4, -0.2) is 33.7 Å². The highest BCUT2D eigenvalue weighted by molar-refractivity contribution is 6.31. The second-order valence-electron chi connectivity index (χ2n) is 19.4. The summed E-state index contributed by atoms with van der Waals surface area (Å²) in [6, 6.07) is 32.8. The van der Waals surface area contributed by atoms with Gasteiger partial charge in [-0.05, 0) is 147 Å². The molecule has 4 aromatic rings. The van der Waals surface area contributed by atoms with E-state index in [-0.39, 0.29) is 47.8 Å². The molecule has 8 rings (SSSR count). The lowest BCUT2D eigenvalue weighted by molar-refractivity contribution is -0.155. The predicted octanol–water partition coefficient (Wildman–Crippen LogP) is 15.6. The topological polar surface area (TPSA) is 40.6 Å². The highest BCUT2D eigenvalue weighted by Crippen LogP contribution is 2.55. The zero-order valence-electron chi connectivity index (χ0n) is 36.7. The zero-order chi connectivity index (χ0) is 44.3. The number of carbonyl (C=O) groups excluding carboxylic acids is 2. The second-order valence-corrected chi connectivity index (χ2v) is 21.1. The van der Waals surface area contributed by atoms with E-state index >= 15 is 0 Å². The number of hydrogen-bond acceptors (Lipinski definition) is 2. The third kappa shape index (κ3) is 9.90. The minimum atomic E-state index is -0.469. The molecule has 0 radical (unpaired) electrons. The number of carbonyl (C=O) groups is 2. The van der Waals surface area contributed by atoms with Crippen LogP contribution < -0.4 is 0 Å². The normalized spacial score (nSPS) is 31.1. The van der Waals surface area contributed by atoms with Crippen molar-refractivity contribution >= 4 is 58.2 Å². The molecule has 2 heterocycles. The molecule has 2 aliphatic carbocycles. The van der Waals surface area contributed by atoms with Gasteiger partial charge in [0.05, 0.1) is 22.9 Å². The Kier molecular flexibility index (Phi) is 14.7. The fraction of sp³-hybridized carbons (Fsp3) is 0.444. The Labute approximate surface area is 390 Å². The Hall–Kier alpha value is -3.54. The molecule has 4 nitrogen and oxygen atoms in total. The molecule has 62 heavy (non-hydrogen) atoms. The number of halogens is 4. The highest BCUT2D eigenvalue weighted by Gasteiger charge is 2.53. The first-order valence-electron chi connectivity index (χ1n) is 22.5. The maximum atomic E-state index is 14.1. The van der Waals surface area contributed by atoms with E-state index in [2.05, 4.69) is 99.2 Å². The van der Waals surface area contributed by atoms with E-state index in [1.165, 1.54) is 24.0 Å². The lowest BCUT2D eigenvalue weighted by Crippen LogP contribution is -2.55. The van der Waals surface area contributed by atoms with Gasteiger partial charge in [-0.1, -0.05) is 135 Å². The molecule has 2 aliphatic heterocycles. The van der Waals surface area contributed by atoms with E-state index in [0.29, 0.717) is 34.7 Å². The Morgan fingerprint density at radius 1 is 0.548 bits per heavy atom. The van der Waals surface area contributed by atoms with E-state index in [9.17, 15) is 9.59 Å². The molecule has 2 saturated carbocycles. The Balaban J connectivity index is 0.000000186. The van der Waals surface area contributed by atoms with E-state index in [0.717, 1.165) is 59.7 Å². The highest BCUT2D eigenvalue weighted by atomic mass is 35.5. The van der Waals surface area contributed by atoms with Crippen molar-refractivity contribution in [1.82, 2.24) is 9.80 Å². The molecule has 4 fully saturated rings. The molecule has 8 heteroatoms. The molecule has 0 spiro atoms. The maximum Gasteiger partial charge on any atom is 0.229 e. The summed E-state index contributed by atoms with van der Waals surface area (Å²) in [4.78, 5) is 32.6. The molecule has 0 bridgehead atoms. The number of piperidine rings is 2. The molecule has 4 aromatic carbocycles. The third-order valence-corrected chi connectivity index (χ3v) is 15.5. The molecule has 4 unspecified atom stereocenters. The quantitative estimate of drug-likeness (QED) is 0.149. The SMILES string of the molecule is C=CCC1(C)C[C@H](c2cccc(Cl)c2)[C@@H](c2ccc(Cl)cc2)N(C2CC[C@@H](C)C2)C1=O.C=CCC1(C)C[C@H](c2cccc(Cl)c2)[C@@H](c2ccc(Cl)cc2)N(C2CC[C@H](C)C2)C1=O. The third-order valence-electron chi connectivity index (χ3n) is 14.5. The number of amides is 2. The van der Waals surface area contributed by atoms with Gasteiger partial charge in [-0.3, -0.25) is 9.59 Å². The average Bonchev–Trinajstić information content (AvgIpc) is 3.88. The lowest BCUT2D eigenvalue weighted by Gasteiger charge is -2.51. The van der Waals surface area contributed by atoms with Gasteiger partial charge in [-0.15, -0.1) is 13.2 Å². The molecular formula is C54H62Cl4N2O2. The molecule has 0 N–H and O–H groups in total. The Morgan fingerprint density at radius 3 is 1.23 bits per heavy atom. The summed E-state index contributed by atoms with van der Waals surface area (Å²) in [5, 5.41) is 2.89. The van der Waals surface area contributed by atoms with E-state index < -0.39 is 10.8 Å². The van der Waals surface area contributed by atoms with Crippen LogP contribution in [0.1, 0.15) is 138 Å². The molecule has 328 valence electrons. The molecule has 10 atom stereocenters. The summed E-state index contributed by atoms with van der Waals surface area (Å²) < 4.78 is 0. The van der Waals surface area contributed by atoms with Crippen LogP contribution in [0.25, 0.3) is 0 Å². The van der Waals surface area contributed by atoms with Crippen LogP contribution in [0.4, 0.5) is 0 Å². The first kappa shape index (κ1) is 46.5. The van der Waals surface area contributed by atoms with Gasteiger partial charge in [0.1, 0.15) is 0 Å². The van der Waals surface area contributed by atoms with Crippen LogP contribution in [0.15, 0.2) is 122 Å². The number of benzene rings is 4. The largest absolute Gasteiger partial charge is 0.332 e. The number of nitrogens with zero attached hydrogens (tertiary/aromatic N) is 2. The number of allylic oxidation sites excluding steroid dienone is 2. The minimum absolute atomic E-state index is 0.0311. The number of likely N-dealkylation sites (tertiary alicyclic amines) is 2. The number of hydrogen-bond donors (Lipinski definition) is 0.